The standard InChI is InChI=1S/C29H27N3O5/c1-31-21-13-9-8-12-20(21)25(33)24-28(31)30-27(19-16-22(35-2)26(37-4)23(17-19)36-3)32(29(24)34)15-14-18-10-6-5-7-11-18/h5-13,16-17H,14-15H2,1-4H3. The van der Waals surface area contributed by atoms with Crippen LogP contribution in [0.2, 0.25) is 0 Å². The van der Waals surface area contributed by atoms with Gasteiger partial charge in [-0.25, -0.2) is 4.98 Å². The molecule has 2 heterocycles. The van der Waals surface area contributed by atoms with Crippen molar-refractivity contribution in [2.24, 2.45) is 7.05 Å². The summed E-state index contributed by atoms with van der Waals surface area (Å²) in [5.74, 6) is 1.71. The molecule has 37 heavy (non-hydrogen) atoms. The summed E-state index contributed by atoms with van der Waals surface area (Å²) in [5, 5.41) is 0.539. The Morgan fingerprint density at radius 2 is 1.49 bits per heavy atom. The van der Waals surface area contributed by atoms with Gasteiger partial charge in [-0.3, -0.25) is 14.2 Å². The van der Waals surface area contributed by atoms with E-state index in [2.05, 4.69) is 0 Å². The van der Waals surface area contributed by atoms with Gasteiger partial charge in [0.05, 0.1) is 26.8 Å². The van der Waals surface area contributed by atoms with Crippen LogP contribution in [0, 0.1) is 0 Å². The Bertz CT molecular complexity index is 1710. The molecule has 0 unspecified atom stereocenters. The largest absolute Gasteiger partial charge is 0.493 e. The molecule has 0 bridgehead atoms. The molecule has 0 aliphatic heterocycles. The molecule has 0 fully saturated rings. The van der Waals surface area contributed by atoms with Crippen LogP contribution in [0.3, 0.4) is 0 Å². The first-order chi connectivity index (χ1) is 18.0. The summed E-state index contributed by atoms with van der Waals surface area (Å²) in [7, 11) is 6.41. The number of hydrogen-bond acceptors (Lipinski definition) is 6. The summed E-state index contributed by atoms with van der Waals surface area (Å²) >= 11 is 0. The molecule has 5 aromatic rings. The van der Waals surface area contributed by atoms with Crippen molar-refractivity contribution in [3.8, 4) is 28.6 Å². The van der Waals surface area contributed by atoms with Crippen molar-refractivity contribution < 1.29 is 14.2 Å². The second-order valence-corrected chi connectivity index (χ2v) is 8.65. The third-order valence-electron chi connectivity index (χ3n) is 6.59. The monoisotopic (exact) mass is 497 g/mol. The van der Waals surface area contributed by atoms with Gasteiger partial charge in [0.15, 0.2) is 17.1 Å². The van der Waals surface area contributed by atoms with Crippen LogP contribution in [0.1, 0.15) is 5.56 Å². The number of fused-ring (bicyclic) bond motifs is 2. The van der Waals surface area contributed by atoms with E-state index in [1.807, 2.05) is 49.5 Å². The molecule has 188 valence electrons. The number of aryl methyl sites for hydroxylation is 2. The SMILES string of the molecule is COc1cc(-c2nc3c(c(=O)c4ccccc4n3C)c(=O)n2CCc2ccccc2)cc(OC)c1OC. The fourth-order valence-electron chi connectivity index (χ4n) is 4.72. The number of hydrogen-bond donors (Lipinski definition) is 0. The van der Waals surface area contributed by atoms with Crippen LogP contribution in [0.25, 0.3) is 33.3 Å². The van der Waals surface area contributed by atoms with Gasteiger partial charge < -0.3 is 18.8 Å². The average molecular weight is 498 g/mol. The van der Waals surface area contributed by atoms with Gasteiger partial charge in [0, 0.05) is 24.5 Å². The minimum atomic E-state index is -0.393. The van der Waals surface area contributed by atoms with Crippen LogP contribution in [0.5, 0.6) is 17.2 Å². The Hall–Kier alpha value is -4.59. The predicted molar refractivity (Wildman–Crippen MR) is 144 cm³/mol. The lowest BCUT2D eigenvalue weighted by atomic mass is 10.1. The molecule has 0 amide bonds. The molecule has 0 spiro atoms. The second-order valence-electron chi connectivity index (χ2n) is 8.65. The Balaban J connectivity index is 1.84. The fraction of sp³-hybridized carbons (Fsp3) is 0.207. The third-order valence-corrected chi connectivity index (χ3v) is 6.59. The van der Waals surface area contributed by atoms with E-state index in [1.54, 1.807) is 33.4 Å². The molecule has 0 aliphatic rings. The zero-order chi connectivity index (χ0) is 26.1. The maximum Gasteiger partial charge on any atom is 0.267 e. The molecule has 2 aromatic heterocycles. The van der Waals surface area contributed by atoms with Crippen LogP contribution in [-0.4, -0.2) is 35.4 Å². The highest BCUT2D eigenvalue weighted by molar-refractivity contribution is 5.92. The number of nitrogens with zero attached hydrogens (tertiary/aromatic N) is 3. The van der Waals surface area contributed by atoms with Gasteiger partial charge in [0.1, 0.15) is 11.2 Å². The van der Waals surface area contributed by atoms with Crippen molar-refractivity contribution in [1.82, 2.24) is 14.1 Å². The zero-order valence-electron chi connectivity index (χ0n) is 21.1. The number of aromatic nitrogens is 3. The molecule has 0 aliphatic carbocycles. The molecular weight excluding hydrogens is 470 g/mol. The number of pyridine rings is 1. The third kappa shape index (κ3) is 4.10. The molecule has 8 nitrogen and oxygen atoms in total. The molecule has 0 saturated carbocycles. The van der Waals surface area contributed by atoms with Gasteiger partial charge >= 0.3 is 0 Å². The smallest absolute Gasteiger partial charge is 0.267 e. The van der Waals surface area contributed by atoms with E-state index in [0.717, 1.165) is 5.56 Å². The molecule has 3 aromatic carbocycles. The quantitative estimate of drug-likeness (QED) is 0.314. The van der Waals surface area contributed by atoms with Crippen LogP contribution in [0.15, 0.2) is 76.3 Å². The summed E-state index contributed by atoms with van der Waals surface area (Å²) < 4.78 is 19.9. The van der Waals surface area contributed by atoms with Crippen molar-refractivity contribution in [3.05, 3.63) is 92.9 Å². The van der Waals surface area contributed by atoms with Crippen LogP contribution in [0.4, 0.5) is 0 Å². The lowest BCUT2D eigenvalue weighted by molar-refractivity contribution is 0.324. The summed E-state index contributed by atoms with van der Waals surface area (Å²) in [6.07, 6.45) is 0.583. The normalized spacial score (nSPS) is 11.1. The first-order valence-corrected chi connectivity index (χ1v) is 11.8. The van der Waals surface area contributed by atoms with Crippen molar-refractivity contribution in [3.63, 3.8) is 0 Å². The lowest BCUT2D eigenvalue weighted by Gasteiger charge is -2.18. The van der Waals surface area contributed by atoms with Crippen molar-refractivity contribution in [2.75, 3.05) is 21.3 Å². The van der Waals surface area contributed by atoms with Crippen LogP contribution in [-0.2, 0) is 20.0 Å². The van der Waals surface area contributed by atoms with Crippen molar-refractivity contribution in [1.29, 1.82) is 0 Å². The first-order valence-electron chi connectivity index (χ1n) is 11.8. The molecule has 5 rings (SSSR count). The number of benzene rings is 3. The molecular formula is C29H27N3O5. The molecule has 0 saturated heterocycles. The number of para-hydroxylation sites is 1. The first kappa shape index (κ1) is 24.1. The van der Waals surface area contributed by atoms with E-state index >= 15 is 0 Å². The molecule has 8 heteroatoms. The van der Waals surface area contributed by atoms with Gasteiger partial charge in [0.25, 0.3) is 5.56 Å². The Morgan fingerprint density at radius 3 is 2.14 bits per heavy atom. The maximum atomic E-state index is 14.0. The van der Waals surface area contributed by atoms with E-state index < -0.39 is 5.56 Å². The minimum Gasteiger partial charge on any atom is -0.493 e. The van der Waals surface area contributed by atoms with Gasteiger partial charge in [-0.05, 0) is 36.2 Å². The summed E-state index contributed by atoms with van der Waals surface area (Å²) in [5.41, 5.74) is 1.96. The molecule has 0 atom stereocenters. The summed E-state index contributed by atoms with van der Waals surface area (Å²) in [6.45, 7) is 0.327. The highest BCUT2D eigenvalue weighted by atomic mass is 16.5. The van der Waals surface area contributed by atoms with E-state index in [1.165, 1.54) is 21.3 Å². The average Bonchev–Trinajstić information content (AvgIpc) is 2.94. The van der Waals surface area contributed by atoms with Crippen molar-refractivity contribution >= 4 is 21.9 Å². The van der Waals surface area contributed by atoms with Crippen LogP contribution >= 0.6 is 0 Å². The van der Waals surface area contributed by atoms with E-state index in [9.17, 15) is 9.59 Å². The summed E-state index contributed by atoms with van der Waals surface area (Å²) in [6, 6.07) is 20.6. The van der Waals surface area contributed by atoms with Gasteiger partial charge in [0.2, 0.25) is 11.2 Å². The molecule has 0 N–H and O–H groups in total. The fourth-order valence-corrected chi connectivity index (χ4v) is 4.72. The highest BCUT2D eigenvalue weighted by Crippen LogP contribution is 2.40. The Kier molecular flexibility index (Phi) is 6.40. The van der Waals surface area contributed by atoms with Gasteiger partial charge in [-0.15, -0.1) is 0 Å². The molecule has 0 radical (unpaired) electrons. The van der Waals surface area contributed by atoms with Crippen LogP contribution < -0.4 is 25.2 Å². The Labute approximate surface area is 213 Å². The van der Waals surface area contributed by atoms with Gasteiger partial charge in [-0.1, -0.05) is 42.5 Å². The maximum absolute atomic E-state index is 14.0. The van der Waals surface area contributed by atoms with E-state index in [0.29, 0.717) is 58.2 Å². The van der Waals surface area contributed by atoms with E-state index in [-0.39, 0.29) is 10.8 Å². The van der Waals surface area contributed by atoms with Crippen molar-refractivity contribution in [2.45, 2.75) is 13.0 Å². The lowest BCUT2D eigenvalue weighted by Crippen LogP contribution is -2.30. The highest BCUT2D eigenvalue weighted by Gasteiger charge is 2.22. The van der Waals surface area contributed by atoms with Gasteiger partial charge in [-0.2, -0.15) is 0 Å². The topological polar surface area (TPSA) is 84.6 Å². The number of rotatable bonds is 7. The minimum absolute atomic E-state index is 0.0606. The van der Waals surface area contributed by atoms with E-state index in [4.69, 9.17) is 19.2 Å². The Morgan fingerprint density at radius 1 is 0.838 bits per heavy atom. The zero-order valence-corrected chi connectivity index (χ0v) is 21.1. The summed E-state index contributed by atoms with van der Waals surface area (Å²) in [4.78, 5) is 32.4. The number of ether oxygens (including phenoxy) is 3. The second kappa shape index (κ2) is 9.81. The predicted octanol–water partition coefficient (Wildman–Crippen LogP) is 4.18. The number of methoxy groups -OCH3 is 3.